The van der Waals surface area contributed by atoms with Crippen molar-refractivity contribution in [1.82, 2.24) is 5.32 Å². The second-order valence-electron chi connectivity index (χ2n) is 9.59. The number of hydrogen-bond acceptors (Lipinski definition) is 4. The number of carbonyl (C=O) groups excluding carboxylic acids is 3. The maximum atomic E-state index is 13.4. The Bertz CT molecular complexity index is 1330. The predicted molar refractivity (Wildman–Crippen MR) is 145 cm³/mol. The highest BCUT2D eigenvalue weighted by Gasteiger charge is 2.38. The molecule has 0 radical (unpaired) electrons. The van der Waals surface area contributed by atoms with Crippen molar-refractivity contribution in [3.63, 3.8) is 0 Å². The van der Waals surface area contributed by atoms with Gasteiger partial charge in [0.15, 0.2) is 0 Å². The smallest absolute Gasteiger partial charge is 0.327 e. The van der Waals surface area contributed by atoms with Crippen LogP contribution in [0.5, 0.6) is 0 Å². The number of benzene rings is 3. The van der Waals surface area contributed by atoms with Gasteiger partial charge in [-0.1, -0.05) is 62.4 Å². The first-order chi connectivity index (χ1) is 18.2. The van der Waals surface area contributed by atoms with Crippen LogP contribution in [0.25, 0.3) is 0 Å². The molecule has 9 heteroatoms. The van der Waals surface area contributed by atoms with Gasteiger partial charge in [0.2, 0.25) is 5.91 Å². The molecule has 3 aromatic carbocycles. The van der Waals surface area contributed by atoms with Crippen molar-refractivity contribution in [3.05, 3.63) is 90.0 Å². The minimum atomic E-state index is -1.16. The number of carbonyl (C=O) groups is 4. The molecular weight excluding hydrogens is 484 g/mol. The molecule has 0 saturated heterocycles. The summed E-state index contributed by atoms with van der Waals surface area (Å²) in [7, 11) is 0. The van der Waals surface area contributed by atoms with Gasteiger partial charge >= 0.3 is 12.0 Å². The number of rotatable bonds is 8. The number of hydrogen-bond donors (Lipinski definition) is 4. The Morgan fingerprint density at radius 2 is 1.63 bits per heavy atom. The van der Waals surface area contributed by atoms with E-state index in [0.717, 1.165) is 5.56 Å². The largest absolute Gasteiger partial charge is 0.480 e. The molecule has 9 nitrogen and oxygen atoms in total. The van der Waals surface area contributed by atoms with E-state index in [0.29, 0.717) is 23.5 Å². The number of anilines is 3. The van der Waals surface area contributed by atoms with E-state index in [1.807, 2.05) is 26.0 Å². The molecule has 0 aromatic heterocycles. The first-order valence-electron chi connectivity index (χ1n) is 12.4. The number of nitrogens with zero attached hydrogens (tertiary/aromatic N) is 1. The average Bonchev–Trinajstić information content (AvgIpc) is 2.89. The van der Waals surface area contributed by atoms with E-state index in [1.165, 1.54) is 17.0 Å². The molecule has 2 unspecified atom stereocenters. The van der Waals surface area contributed by atoms with Crippen molar-refractivity contribution in [2.24, 2.45) is 5.92 Å². The monoisotopic (exact) mass is 514 g/mol. The van der Waals surface area contributed by atoms with Crippen LogP contribution in [0.3, 0.4) is 0 Å². The molecule has 38 heavy (non-hydrogen) atoms. The number of fused-ring (bicyclic) bond motifs is 1. The van der Waals surface area contributed by atoms with Gasteiger partial charge in [0.1, 0.15) is 12.1 Å². The first kappa shape index (κ1) is 26.4. The van der Waals surface area contributed by atoms with Gasteiger partial charge in [0.25, 0.3) is 5.91 Å². The summed E-state index contributed by atoms with van der Waals surface area (Å²) in [5.74, 6) is -1.98. The number of urea groups is 1. The number of carboxylic acids is 1. The predicted octanol–water partition coefficient (Wildman–Crippen LogP) is 4.52. The van der Waals surface area contributed by atoms with Gasteiger partial charge in [0, 0.05) is 17.7 Å². The van der Waals surface area contributed by atoms with Crippen LogP contribution in [-0.4, -0.2) is 41.0 Å². The summed E-state index contributed by atoms with van der Waals surface area (Å²) in [4.78, 5) is 52.7. The summed E-state index contributed by atoms with van der Waals surface area (Å²) in [6.45, 7) is 3.94. The third kappa shape index (κ3) is 6.18. The molecule has 3 aromatic rings. The Hall–Kier alpha value is -4.66. The van der Waals surface area contributed by atoms with Gasteiger partial charge < -0.3 is 21.1 Å². The molecule has 4 rings (SSSR count). The number of nitrogens with one attached hydrogen (secondary N) is 3. The molecule has 4 N–H and O–H groups in total. The molecule has 1 aliphatic heterocycles. The molecule has 0 fully saturated rings. The molecule has 4 amide bonds. The lowest BCUT2D eigenvalue weighted by Gasteiger charge is -2.37. The maximum absolute atomic E-state index is 13.4. The van der Waals surface area contributed by atoms with Gasteiger partial charge in [-0.3, -0.25) is 14.5 Å². The second-order valence-corrected chi connectivity index (χ2v) is 9.59. The summed E-state index contributed by atoms with van der Waals surface area (Å²) in [6, 6.07) is 20.2. The highest BCUT2D eigenvalue weighted by molar-refractivity contribution is 6.15. The summed E-state index contributed by atoms with van der Waals surface area (Å²) in [5, 5.41) is 17.9. The Morgan fingerprint density at radius 3 is 2.26 bits per heavy atom. The maximum Gasteiger partial charge on any atom is 0.327 e. The molecule has 196 valence electrons. The zero-order valence-corrected chi connectivity index (χ0v) is 21.2. The van der Waals surface area contributed by atoms with Crippen LogP contribution in [0.4, 0.5) is 21.9 Å². The minimum absolute atomic E-state index is 0.119. The van der Waals surface area contributed by atoms with Crippen LogP contribution in [0, 0.1) is 5.92 Å². The van der Waals surface area contributed by atoms with Crippen LogP contribution < -0.4 is 20.9 Å². The normalized spacial score (nSPS) is 15.3. The number of carboxylic acid groups (broad SMARTS) is 1. The number of amides is 4. The lowest BCUT2D eigenvalue weighted by atomic mass is 9.97. The molecule has 2 atom stereocenters. The first-order valence-corrected chi connectivity index (χ1v) is 12.4. The summed E-state index contributed by atoms with van der Waals surface area (Å²) >= 11 is 0. The molecular formula is C29H30N4O5. The Morgan fingerprint density at radius 1 is 0.974 bits per heavy atom. The third-order valence-electron chi connectivity index (χ3n) is 6.22. The van der Waals surface area contributed by atoms with Crippen molar-refractivity contribution >= 4 is 40.9 Å². The zero-order chi connectivity index (χ0) is 27.2. The van der Waals surface area contributed by atoms with E-state index in [-0.39, 0.29) is 23.8 Å². The Kier molecular flexibility index (Phi) is 8.06. The fourth-order valence-corrected chi connectivity index (χ4v) is 4.40. The lowest BCUT2D eigenvalue weighted by molar-refractivity contribution is -0.139. The fourth-order valence-electron chi connectivity index (χ4n) is 4.40. The van der Waals surface area contributed by atoms with Crippen molar-refractivity contribution in [3.8, 4) is 0 Å². The van der Waals surface area contributed by atoms with Crippen molar-refractivity contribution < 1.29 is 24.3 Å². The lowest BCUT2D eigenvalue weighted by Crippen LogP contribution is -2.53. The van der Waals surface area contributed by atoms with Gasteiger partial charge in [-0.05, 0) is 48.2 Å². The van der Waals surface area contributed by atoms with E-state index in [1.54, 1.807) is 54.6 Å². The number of aliphatic carboxylic acids is 1. The van der Waals surface area contributed by atoms with Crippen LogP contribution in [-0.2, 0) is 16.0 Å². The van der Waals surface area contributed by atoms with E-state index in [9.17, 15) is 24.3 Å². The van der Waals surface area contributed by atoms with Crippen molar-refractivity contribution in [2.75, 3.05) is 15.5 Å². The van der Waals surface area contributed by atoms with Gasteiger partial charge in [0.05, 0.1) is 11.4 Å². The molecule has 0 saturated carbocycles. The topological polar surface area (TPSA) is 128 Å². The Balaban J connectivity index is 1.60. The van der Waals surface area contributed by atoms with Crippen LogP contribution >= 0.6 is 0 Å². The van der Waals surface area contributed by atoms with E-state index < -0.39 is 30.0 Å². The van der Waals surface area contributed by atoms with E-state index >= 15 is 0 Å². The van der Waals surface area contributed by atoms with E-state index in [2.05, 4.69) is 16.0 Å². The fraction of sp³-hybridized carbons (Fsp3) is 0.241. The van der Waals surface area contributed by atoms with Gasteiger partial charge in [-0.15, -0.1) is 0 Å². The van der Waals surface area contributed by atoms with Crippen LogP contribution in [0.1, 0.15) is 36.2 Å². The Labute approximate surface area is 220 Å². The third-order valence-corrected chi connectivity index (χ3v) is 6.22. The van der Waals surface area contributed by atoms with Crippen LogP contribution in [0.15, 0.2) is 78.9 Å². The summed E-state index contributed by atoms with van der Waals surface area (Å²) in [5.41, 5.74) is 2.26. The summed E-state index contributed by atoms with van der Waals surface area (Å²) in [6.07, 6.45) is 0.559. The highest BCUT2D eigenvalue weighted by Crippen LogP contribution is 2.35. The molecule has 1 heterocycles. The quantitative estimate of drug-likeness (QED) is 0.352. The summed E-state index contributed by atoms with van der Waals surface area (Å²) < 4.78 is 0. The SMILES string of the molecule is CC(C)CC1C(=O)Nc2cc(C(=O)NC(Cc3ccccc3)C(=O)O)ccc2N1C(=O)Nc1ccccc1. The van der Waals surface area contributed by atoms with Crippen LogP contribution in [0.2, 0.25) is 0 Å². The van der Waals surface area contributed by atoms with Gasteiger partial charge in [-0.25, -0.2) is 9.59 Å². The van der Waals surface area contributed by atoms with Gasteiger partial charge in [-0.2, -0.15) is 0 Å². The molecule has 0 spiro atoms. The highest BCUT2D eigenvalue weighted by atomic mass is 16.4. The molecule has 1 aliphatic rings. The van der Waals surface area contributed by atoms with Crippen molar-refractivity contribution in [2.45, 2.75) is 38.8 Å². The minimum Gasteiger partial charge on any atom is -0.480 e. The molecule has 0 aliphatic carbocycles. The number of para-hydroxylation sites is 1. The van der Waals surface area contributed by atoms with Crippen molar-refractivity contribution in [1.29, 1.82) is 0 Å². The van der Waals surface area contributed by atoms with E-state index in [4.69, 9.17) is 0 Å². The average molecular weight is 515 g/mol. The zero-order valence-electron chi connectivity index (χ0n) is 21.2. The standard InChI is InChI=1S/C29H30N4O5/c1-18(2)15-25-27(35)31-22-17-20(26(34)32-23(28(36)37)16-19-9-5-3-6-10-19)13-14-24(22)33(25)29(38)30-21-11-7-4-8-12-21/h3-14,17-18,23,25H,15-16H2,1-2H3,(H,30,38)(H,31,35)(H,32,34)(H,36,37). The second kappa shape index (κ2) is 11.6. The molecule has 0 bridgehead atoms.